The van der Waals surface area contributed by atoms with Gasteiger partial charge in [-0.1, -0.05) is 29.5 Å². The van der Waals surface area contributed by atoms with Gasteiger partial charge in [-0.05, 0) is 62.6 Å². The van der Waals surface area contributed by atoms with Crippen LogP contribution in [0.5, 0.6) is 0 Å². The van der Waals surface area contributed by atoms with Crippen molar-refractivity contribution >= 4 is 22.6 Å². The predicted octanol–water partition coefficient (Wildman–Crippen LogP) is 6.39. The summed E-state index contributed by atoms with van der Waals surface area (Å²) in [6.07, 6.45) is -3.27. The van der Waals surface area contributed by atoms with Gasteiger partial charge in [-0.25, -0.2) is 14.2 Å². The number of aromatic nitrogens is 1. The van der Waals surface area contributed by atoms with Crippen LogP contribution in [-0.4, -0.2) is 29.3 Å². The average molecular weight is 521 g/mol. The van der Waals surface area contributed by atoms with Gasteiger partial charge in [0.05, 0.1) is 22.0 Å². The number of hydrogen-bond donors (Lipinski definition) is 2. The molecule has 0 fully saturated rings. The predicted molar refractivity (Wildman–Crippen MR) is 129 cm³/mol. The minimum absolute atomic E-state index is 0.0754. The third-order valence-electron chi connectivity index (χ3n) is 4.86. The molecule has 0 aliphatic heterocycles. The molecule has 0 saturated heterocycles. The fraction of sp³-hybridized carbons (Fsp3) is 0.320. The van der Waals surface area contributed by atoms with Crippen molar-refractivity contribution < 1.29 is 27.1 Å². The van der Waals surface area contributed by atoms with Gasteiger partial charge in [-0.2, -0.15) is 18.4 Å². The number of carbonyl (C=O) groups excluding carboxylic acids is 1. The molecule has 2 aromatic carbocycles. The lowest BCUT2D eigenvalue weighted by Gasteiger charge is -2.24. The lowest BCUT2D eigenvalue weighted by atomic mass is 10.0. The SMILES string of the molecule is CC(C)(C)OC(=O)N[C@H](CNc1ncc(-c2ccc(F)c(C#N)c2)s1)Cc1ccc(C(F)(F)F)cc1. The Morgan fingerprint density at radius 3 is 2.47 bits per heavy atom. The number of nitriles is 1. The van der Waals surface area contributed by atoms with Crippen LogP contribution in [0, 0.1) is 17.1 Å². The van der Waals surface area contributed by atoms with Gasteiger partial charge in [0.15, 0.2) is 5.13 Å². The summed E-state index contributed by atoms with van der Waals surface area (Å²) in [6.45, 7) is 5.37. The smallest absolute Gasteiger partial charge is 0.416 e. The molecule has 0 radical (unpaired) electrons. The first-order chi connectivity index (χ1) is 16.8. The van der Waals surface area contributed by atoms with Crippen LogP contribution >= 0.6 is 11.3 Å². The summed E-state index contributed by atoms with van der Waals surface area (Å²) < 4.78 is 57.6. The first-order valence-electron chi connectivity index (χ1n) is 10.9. The summed E-state index contributed by atoms with van der Waals surface area (Å²) >= 11 is 1.27. The Hall–Kier alpha value is -3.65. The largest absolute Gasteiger partial charge is 0.444 e. The molecule has 6 nitrogen and oxygen atoms in total. The third-order valence-corrected chi connectivity index (χ3v) is 5.87. The molecule has 1 amide bonds. The van der Waals surface area contributed by atoms with Crippen molar-refractivity contribution in [2.75, 3.05) is 11.9 Å². The highest BCUT2D eigenvalue weighted by molar-refractivity contribution is 7.18. The summed E-state index contributed by atoms with van der Waals surface area (Å²) in [6, 6.07) is 10.2. The van der Waals surface area contributed by atoms with E-state index in [9.17, 15) is 22.4 Å². The van der Waals surface area contributed by atoms with Gasteiger partial charge in [0.1, 0.15) is 17.5 Å². The Morgan fingerprint density at radius 2 is 1.86 bits per heavy atom. The summed E-state index contributed by atoms with van der Waals surface area (Å²) in [7, 11) is 0. The molecule has 3 aromatic rings. The second-order valence-corrected chi connectivity index (χ2v) is 9.99. The van der Waals surface area contributed by atoms with E-state index in [-0.39, 0.29) is 18.5 Å². The van der Waals surface area contributed by atoms with Crippen LogP contribution in [-0.2, 0) is 17.3 Å². The van der Waals surface area contributed by atoms with E-state index in [2.05, 4.69) is 15.6 Å². The van der Waals surface area contributed by atoms with Crippen LogP contribution in [0.3, 0.4) is 0 Å². The molecule has 0 unspecified atom stereocenters. The molecule has 1 atom stereocenters. The number of hydrogen-bond acceptors (Lipinski definition) is 6. The second kappa shape index (κ2) is 11.0. The zero-order chi connectivity index (χ0) is 26.5. The van der Waals surface area contributed by atoms with Gasteiger partial charge in [0, 0.05) is 12.7 Å². The molecule has 0 spiro atoms. The number of anilines is 1. The lowest BCUT2D eigenvalue weighted by molar-refractivity contribution is -0.137. The Balaban J connectivity index is 1.72. The van der Waals surface area contributed by atoms with Gasteiger partial charge in [-0.3, -0.25) is 0 Å². The molecule has 0 bridgehead atoms. The number of alkyl halides is 3. The topological polar surface area (TPSA) is 87.0 Å². The molecule has 1 aromatic heterocycles. The number of benzene rings is 2. The standard InChI is InChI=1S/C25H24F4N4O2S/c1-24(2,3)35-23(34)33-19(10-15-4-7-18(8-5-15)25(27,28)29)13-31-22-32-14-21(36-22)16-6-9-20(26)17(11-16)12-30/h4-9,11,14,19H,10,13H2,1-3H3,(H,31,32)(H,33,34)/t19-/m0/s1. The summed E-state index contributed by atoms with van der Waals surface area (Å²) in [4.78, 5) is 17.3. The normalized spacial score (nSPS) is 12.5. The molecule has 2 N–H and O–H groups in total. The van der Waals surface area contributed by atoms with Crippen molar-refractivity contribution in [1.82, 2.24) is 10.3 Å². The number of amides is 1. The van der Waals surface area contributed by atoms with E-state index in [1.54, 1.807) is 39.1 Å². The fourth-order valence-electron chi connectivity index (χ4n) is 3.23. The Bertz CT molecular complexity index is 1240. The highest BCUT2D eigenvalue weighted by Crippen LogP contribution is 2.31. The van der Waals surface area contributed by atoms with Crippen molar-refractivity contribution in [3.63, 3.8) is 0 Å². The minimum atomic E-state index is -4.44. The van der Waals surface area contributed by atoms with Crippen LogP contribution in [0.1, 0.15) is 37.5 Å². The van der Waals surface area contributed by atoms with Crippen molar-refractivity contribution in [2.45, 2.75) is 45.0 Å². The number of nitrogens with one attached hydrogen (secondary N) is 2. The van der Waals surface area contributed by atoms with Gasteiger partial charge in [-0.15, -0.1) is 0 Å². The quantitative estimate of drug-likeness (QED) is 0.353. The van der Waals surface area contributed by atoms with Gasteiger partial charge < -0.3 is 15.4 Å². The van der Waals surface area contributed by atoms with Crippen LogP contribution in [0.25, 0.3) is 10.4 Å². The highest BCUT2D eigenvalue weighted by atomic mass is 32.1. The minimum Gasteiger partial charge on any atom is -0.444 e. The Labute approximate surface area is 209 Å². The van der Waals surface area contributed by atoms with Gasteiger partial charge in [0.2, 0.25) is 0 Å². The van der Waals surface area contributed by atoms with E-state index in [0.29, 0.717) is 21.1 Å². The maximum absolute atomic E-state index is 13.6. The maximum Gasteiger partial charge on any atom is 0.416 e. The third kappa shape index (κ3) is 7.68. The van der Waals surface area contributed by atoms with Gasteiger partial charge in [0.25, 0.3) is 0 Å². The van der Waals surface area contributed by atoms with E-state index in [1.807, 2.05) is 0 Å². The second-order valence-electron chi connectivity index (χ2n) is 8.96. The van der Waals surface area contributed by atoms with Crippen molar-refractivity contribution in [3.8, 4) is 16.5 Å². The van der Waals surface area contributed by atoms with Gasteiger partial charge >= 0.3 is 12.3 Å². The molecule has 190 valence electrons. The molecule has 1 heterocycles. The summed E-state index contributed by atoms with van der Waals surface area (Å²) in [5, 5.41) is 15.4. The van der Waals surface area contributed by atoms with E-state index in [1.165, 1.54) is 35.6 Å². The number of alkyl carbamates (subject to hydrolysis) is 1. The van der Waals surface area contributed by atoms with Crippen LogP contribution in [0.15, 0.2) is 48.7 Å². The highest BCUT2D eigenvalue weighted by Gasteiger charge is 2.30. The first-order valence-corrected chi connectivity index (χ1v) is 11.7. The van der Waals surface area contributed by atoms with E-state index in [4.69, 9.17) is 10.00 Å². The fourth-order valence-corrected chi connectivity index (χ4v) is 4.05. The number of nitrogens with zero attached hydrogens (tertiary/aromatic N) is 2. The zero-order valence-electron chi connectivity index (χ0n) is 19.7. The van der Waals surface area contributed by atoms with Crippen molar-refractivity contribution in [1.29, 1.82) is 5.26 Å². The molecular weight excluding hydrogens is 496 g/mol. The monoisotopic (exact) mass is 520 g/mol. The average Bonchev–Trinajstić information content (AvgIpc) is 3.25. The number of carbonyl (C=O) groups is 1. The van der Waals surface area contributed by atoms with Crippen LogP contribution in [0.2, 0.25) is 0 Å². The Kier molecular flexibility index (Phi) is 8.20. The van der Waals surface area contributed by atoms with Crippen molar-refractivity contribution in [2.24, 2.45) is 0 Å². The molecule has 11 heteroatoms. The number of rotatable bonds is 7. The van der Waals surface area contributed by atoms with E-state index in [0.717, 1.165) is 12.1 Å². The van der Waals surface area contributed by atoms with Crippen molar-refractivity contribution in [3.05, 3.63) is 71.2 Å². The summed E-state index contributed by atoms with van der Waals surface area (Å²) in [5.41, 5.74) is -0.323. The zero-order valence-corrected chi connectivity index (χ0v) is 20.6. The number of thiazole rings is 1. The van der Waals surface area contributed by atoms with Crippen LogP contribution < -0.4 is 10.6 Å². The molecule has 0 saturated carbocycles. The molecular formula is C25H24F4N4O2S. The first kappa shape index (κ1) is 26.9. The molecule has 0 aliphatic carbocycles. The summed E-state index contributed by atoms with van der Waals surface area (Å²) in [5.74, 6) is -0.608. The lowest BCUT2D eigenvalue weighted by Crippen LogP contribution is -2.43. The van der Waals surface area contributed by atoms with E-state index < -0.39 is 35.3 Å². The van der Waals surface area contributed by atoms with Crippen LogP contribution in [0.4, 0.5) is 27.5 Å². The maximum atomic E-state index is 13.6. The molecule has 0 aliphatic rings. The van der Waals surface area contributed by atoms with E-state index >= 15 is 0 Å². The number of ether oxygens (including phenoxy) is 1. The molecule has 3 rings (SSSR count). The number of halogens is 4. The molecule has 36 heavy (non-hydrogen) atoms. The Morgan fingerprint density at radius 1 is 1.17 bits per heavy atom.